The molecule has 1 saturated heterocycles. The summed E-state index contributed by atoms with van der Waals surface area (Å²) in [5, 5.41) is 10.5. The largest absolute Gasteiger partial charge is 0.449 e. The van der Waals surface area contributed by atoms with Crippen molar-refractivity contribution >= 4 is 41.4 Å². The summed E-state index contributed by atoms with van der Waals surface area (Å²) in [4.78, 5) is 95.9. The third-order valence-electron chi connectivity index (χ3n) is 9.94. The first-order valence-corrected chi connectivity index (χ1v) is 18.5. The SMILES string of the molecule is CCCC(NC(=O)[C@@H]1CC[C@H](C)N1C(=O)[C@@H](NC(=O)OCC(C)C)C1(C)CCCCC1)C(=O)C(=O)NCC(=O)N[C@H](C(=O)N(C)C)c1ccccc1. The van der Waals surface area contributed by atoms with Gasteiger partial charge in [0.2, 0.25) is 29.4 Å². The Hall–Kier alpha value is -4.49. The van der Waals surface area contributed by atoms with E-state index < -0.39 is 65.7 Å². The van der Waals surface area contributed by atoms with Crippen molar-refractivity contribution in [2.24, 2.45) is 11.3 Å². The second kappa shape index (κ2) is 19.4. The molecule has 2 aliphatic rings. The molecule has 1 aliphatic carbocycles. The minimum atomic E-state index is -1.20. The van der Waals surface area contributed by atoms with Crippen LogP contribution in [-0.2, 0) is 33.5 Å². The number of carbonyl (C=O) groups is 7. The second-order valence-corrected chi connectivity index (χ2v) is 15.0. The number of ether oxygens (including phenoxy) is 1. The number of nitrogens with zero attached hydrogens (tertiary/aromatic N) is 2. The summed E-state index contributed by atoms with van der Waals surface area (Å²) in [5.41, 5.74) is 0.0130. The minimum Gasteiger partial charge on any atom is -0.449 e. The van der Waals surface area contributed by atoms with Gasteiger partial charge in [-0.3, -0.25) is 28.8 Å². The van der Waals surface area contributed by atoms with Crippen LogP contribution >= 0.6 is 0 Å². The summed E-state index contributed by atoms with van der Waals surface area (Å²) in [6.45, 7) is 9.11. The minimum absolute atomic E-state index is 0.112. The van der Waals surface area contributed by atoms with Crippen LogP contribution in [0.4, 0.5) is 4.79 Å². The van der Waals surface area contributed by atoms with E-state index in [-0.39, 0.29) is 36.8 Å². The fourth-order valence-electron chi connectivity index (χ4n) is 6.98. The van der Waals surface area contributed by atoms with Crippen LogP contribution in [0.1, 0.15) is 104 Å². The highest BCUT2D eigenvalue weighted by Crippen LogP contribution is 2.41. The Balaban J connectivity index is 1.70. The van der Waals surface area contributed by atoms with Gasteiger partial charge in [-0.2, -0.15) is 0 Å². The summed E-state index contributed by atoms with van der Waals surface area (Å²) in [7, 11) is 3.12. The molecule has 1 unspecified atom stereocenters. The van der Waals surface area contributed by atoms with Crippen LogP contribution in [0.5, 0.6) is 0 Å². The lowest BCUT2D eigenvalue weighted by molar-refractivity contribution is -0.146. The number of nitrogens with one attached hydrogen (secondary N) is 4. The van der Waals surface area contributed by atoms with Crippen molar-refractivity contribution in [3.8, 4) is 0 Å². The smallest absolute Gasteiger partial charge is 0.407 e. The van der Waals surface area contributed by atoms with Crippen molar-refractivity contribution in [3.05, 3.63) is 35.9 Å². The number of benzene rings is 1. The molecule has 1 aromatic rings. The molecular formula is C38H58N6O8. The summed E-state index contributed by atoms with van der Waals surface area (Å²) in [6.07, 6.45) is 5.12. The standard InChI is InChI=1S/C38H58N6O8/c1-8-15-27(31(46)34(48)39-22-29(45)41-30(35(49)43(6)7)26-16-11-9-12-17-26)40-33(47)28-19-18-25(4)44(28)36(50)32(38(5)20-13-10-14-21-38)42-37(51)52-23-24(2)3/h9,11-12,16-17,24-25,27-28,30,32H,8,10,13-15,18-23H2,1-7H3,(H,39,48)(H,40,47)(H,41,45)(H,42,51)/t25-,27?,28-,30-,32+/m0/s1. The Labute approximate surface area is 307 Å². The summed E-state index contributed by atoms with van der Waals surface area (Å²) in [5.74, 6) is -3.89. The predicted molar refractivity (Wildman–Crippen MR) is 195 cm³/mol. The molecule has 1 aromatic carbocycles. The van der Waals surface area contributed by atoms with Gasteiger partial charge in [-0.15, -0.1) is 0 Å². The van der Waals surface area contributed by atoms with E-state index in [0.29, 0.717) is 24.8 Å². The maximum absolute atomic E-state index is 14.4. The van der Waals surface area contributed by atoms with E-state index in [1.54, 1.807) is 51.4 Å². The van der Waals surface area contributed by atoms with Crippen LogP contribution in [0.15, 0.2) is 30.3 Å². The van der Waals surface area contributed by atoms with Crippen molar-refractivity contribution in [1.82, 2.24) is 31.1 Å². The molecule has 6 amide bonds. The monoisotopic (exact) mass is 726 g/mol. The maximum Gasteiger partial charge on any atom is 0.407 e. The fourth-order valence-corrected chi connectivity index (χ4v) is 6.98. The number of hydrogen-bond donors (Lipinski definition) is 4. The third-order valence-corrected chi connectivity index (χ3v) is 9.94. The van der Waals surface area contributed by atoms with Gasteiger partial charge >= 0.3 is 6.09 Å². The van der Waals surface area contributed by atoms with E-state index in [1.165, 1.54) is 9.80 Å². The highest BCUT2D eigenvalue weighted by molar-refractivity contribution is 6.38. The van der Waals surface area contributed by atoms with Crippen LogP contribution < -0.4 is 21.3 Å². The first kappa shape index (κ1) is 41.9. The third kappa shape index (κ3) is 11.3. The molecule has 3 rings (SSSR count). The van der Waals surface area contributed by atoms with Gasteiger partial charge in [0.15, 0.2) is 0 Å². The van der Waals surface area contributed by atoms with Crippen molar-refractivity contribution in [2.45, 2.75) is 123 Å². The van der Waals surface area contributed by atoms with Gasteiger partial charge in [0.1, 0.15) is 18.1 Å². The molecule has 52 heavy (non-hydrogen) atoms. The van der Waals surface area contributed by atoms with Crippen LogP contribution in [0, 0.1) is 11.3 Å². The van der Waals surface area contributed by atoms with E-state index in [0.717, 1.165) is 32.1 Å². The van der Waals surface area contributed by atoms with Gasteiger partial charge in [-0.05, 0) is 55.9 Å². The molecule has 1 saturated carbocycles. The molecule has 2 fully saturated rings. The molecule has 1 heterocycles. The number of likely N-dealkylation sites (tertiary alicyclic amines) is 1. The second-order valence-electron chi connectivity index (χ2n) is 15.0. The number of ketones is 1. The van der Waals surface area contributed by atoms with Crippen molar-refractivity contribution in [1.29, 1.82) is 0 Å². The van der Waals surface area contributed by atoms with Gasteiger partial charge in [-0.1, -0.05) is 83.7 Å². The quantitative estimate of drug-likeness (QED) is 0.188. The number of Topliss-reactive ketones (excluding diaryl/α,β-unsaturated/α-hetero) is 1. The van der Waals surface area contributed by atoms with Gasteiger partial charge in [0, 0.05) is 20.1 Å². The molecular weight excluding hydrogens is 668 g/mol. The van der Waals surface area contributed by atoms with Crippen molar-refractivity contribution in [3.63, 3.8) is 0 Å². The zero-order valence-electron chi connectivity index (χ0n) is 31.8. The first-order valence-electron chi connectivity index (χ1n) is 18.5. The van der Waals surface area contributed by atoms with Crippen LogP contribution in [0.25, 0.3) is 0 Å². The highest BCUT2D eigenvalue weighted by Gasteiger charge is 2.48. The summed E-state index contributed by atoms with van der Waals surface area (Å²) >= 11 is 0. The number of rotatable bonds is 16. The van der Waals surface area contributed by atoms with Crippen molar-refractivity contribution in [2.75, 3.05) is 27.2 Å². The van der Waals surface area contributed by atoms with E-state index in [1.807, 2.05) is 27.7 Å². The molecule has 4 N–H and O–H groups in total. The molecule has 0 radical (unpaired) electrons. The molecule has 5 atom stereocenters. The van der Waals surface area contributed by atoms with Crippen LogP contribution in [0.3, 0.4) is 0 Å². The fraction of sp³-hybridized carbons (Fsp3) is 0.658. The van der Waals surface area contributed by atoms with E-state index in [9.17, 15) is 33.6 Å². The van der Waals surface area contributed by atoms with Gasteiger partial charge in [0.05, 0.1) is 19.2 Å². The van der Waals surface area contributed by atoms with Gasteiger partial charge < -0.3 is 35.8 Å². The lowest BCUT2D eigenvalue weighted by atomic mass is 9.70. The zero-order valence-corrected chi connectivity index (χ0v) is 31.8. The molecule has 0 bridgehead atoms. The Morgan fingerprint density at radius 2 is 1.60 bits per heavy atom. The number of amides is 6. The number of carbonyl (C=O) groups excluding carboxylic acids is 7. The van der Waals surface area contributed by atoms with Crippen molar-refractivity contribution < 1.29 is 38.3 Å². The molecule has 14 nitrogen and oxygen atoms in total. The Morgan fingerprint density at radius 1 is 0.942 bits per heavy atom. The van der Waals surface area contributed by atoms with E-state index in [4.69, 9.17) is 4.74 Å². The topological polar surface area (TPSA) is 183 Å². The maximum atomic E-state index is 14.4. The molecule has 288 valence electrons. The Kier molecular flexibility index (Phi) is 15.6. The normalized spacial score (nSPS) is 19.8. The average molecular weight is 727 g/mol. The molecule has 0 aromatic heterocycles. The lowest BCUT2D eigenvalue weighted by Gasteiger charge is -2.43. The van der Waals surface area contributed by atoms with E-state index in [2.05, 4.69) is 21.3 Å². The Morgan fingerprint density at radius 3 is 2.19 bits per heavy atom. The van der Waals surface area contributed by atoms with Gasteiger partial charge in [-0.25, -0.2) is 4.79 Å². The van der Waals surface area contributed by atoms with Crippen LogP contribution in [0.2, 0.25) is 0 Å². The zero-order chi connectivity index (χ0) is 38.6. The predicted octanol–water partition coefficient (Wildman–Crippen LogP) is 3.00. The number of likely N-dealkylation sites (N-methyl/N-ethyl adjacent to an activating group) is 1. The summed E-state index contributed by atoms with van der Waals surface area (Å²) < 4.78 is 5.39. The molecule has 1 aliphatic heterocycles. The first-order chi connectivity index (χ1) is 24.6. The lowest BCUT2D eigenvalue weighted by Crippen LogP contribution is -2.61. The summed E-state index contributed by atoms with van der Waals surface area (Å²) in [6, 6.07) is 4.30. The van der Waals surface area contributed by atoms with Crippen LogP contribution in [-0.4, -0.2) is 103 Å². The molecule has 14 heteroatoms. The number of hydrogen-bond acceptors (Lipinski definition) is 8. The Bertz CT molecular complexity index is 1430. The molecule has 0 spiro atoms. The number of alkyl carbamates (subject to hydrolysis) is 1. The average Bonchev–Trinajstić information content (AvgIpc) is 3.51. The van der Waals surface area contributed by atoms with E-state index >= 15 is 0 Å². The van der Waals surface area contributed by atoms with Gasteiger partial charge in [0.25, 0.3) is 5.91 Å². The highest BCUT2D eigenvalue weighted by atomic mass is 16.5.